The summed E-state index contributed by atoms with van der Waals surface area (Å²) in [5.41, 5.74) is 15.7. The summed E-state index contributed by atoms with van der Waals surface area (Å²) < 4.78 is 4.80. The van der Waals surface area contributed by atoms with Crippen LogP contribution in [0.5, 0.6) is 0 Å². The van der Waals surface area contributed by atoms with E-state index in [0.717, 1.165) is 29.3 Å². The number of rotatable bonds is 6. The molecule has 53 heavy (non-hydrogen) atoms. The van der Waals surface area contributed by atoms with E-state index in [1.54, 1.807) is 12.1 Å². The van der Waals surface area contributed by atoms with Crippen LogP contribution >= 0.6 is 23.2 Å². The average molecular weight is 866 g/mol. The summed E-state index contributed by atoms with van der Waals surface area (Å²) in [6, 6.07) is 24.9. The molecule has 0 aliphatic heterocycles. The third-order valence-corrected chi connectivity index (χ3v) is 19.7. The van der Waals surface area contributed by atoms with Gasteiger partial charge in [0.05, 0.1) is 0 Å². The predicted molar refractivity (Wildman–Crippen MR) is 221 cm³/mol. The molecule has 2 aliphatic carbocycles. The van der Waals surface area contributed by atoms with Crippen molar-refractivity contribution < 1.29 is 46.1 Å². The Bertz CT molecular complexity index is 2080. The first kappa shape index (κ1) is 44.0. The molecule has 1 unspecified atom stereocenters. The van der Waals surface area contributed by atoms with Crippen molar-refractivity contribution in [1.29, 1.82) is 0 Å². The van der Waals surface area contributed by atoms with Gasteiger partial charge in [-0.3, -0.25) is 0 Å². The minimum Gasteiger partial charge on any atom is -1.00 e. The fraction of sp³-hybridized carbons (Fsp3) is 0.396. The Hall–Kier alpha value is -1.73. The number of halogens is 4. The van der Waals surface area contributed by atoms with Crippen molar-refractivity contribution in [3.63, 3.8) is 0 Å². The second-order valence-electron chi connectivity index (χ2n) is 18.1. The van der Waals surface area contributed by atoms with Gasteiger partial charge in [0.2, 0.25) is 0 Å². The van der Waals surface area contributed by atoms with Gasteiger partial charge >= 0.3 is 329 Å². The molecular weight excluding hydrogens is 810 g/mol. The molecule has 2 aliphatic rings. The zero-order valence-corrected chi connectivity index (χ0v) is 39.2. The topological polar surface area (TPSA) is 0 Å². The second kappa shape index (κ2) is 16.4. The van der Waals surface area contributed by atoms with E-state index >= 15 is 0 Å². The Kier molecular flexibility index (Phi) is 13.6. The quantitative estimate of drug-likeness (QED) is 0.165. The molecule has 0 fully saturated rings. The van der Waals surface area contributed by atoms with Crippen molar-refractivity contribution >= 4 is 29.7 Å². The number of hydrogen-bond acceptors (Lipinski definition) is 0. The average Bonchev–Trinajstić information content (AvgIpc) is 3.59. The van der Waals surface area contributed by atoms with Crippen LogP contribution in [0.25, 0.3) is 11.1 Å². The number of allylic oxidation sites excluding steroid dienone is 4. The zero-order valence-electron chi connectivity index (χ0n) is 33.7. The zero-order chi connectivity index (χ0) is 37.2. The van der Waals surface area contributed by atoms with E-state index in [2.05, 4.69) is 150 Å². The monoisotopic (exact) mass is 862 g/mol. The van der Waals surface area contributed by atoms with Gasteiger partial charge < -0.3 is 24.8 Å². The van der Waals surface area contributed by atoms with E-state index in [4.69, 9.17) is 23.2 Å². The Morgan fingerprint density at radius 2 is 1.26 bits per heavy atom. The molecule has 0 saturated carbocycles. The Labute approximate surface area is 350 Å². The summed E-state index contributed by atoms with van der Waals surface area (Å²) in [5.74, 6) is 0.416. The van der Waals surface area contributed by atoms with Crippen LogP contribution in [0.4, 0.5) is 0 Å². The summed E-state index contributed by atoms with van der Waals surface area (Å²) >= 11 is 10.6. The maximum Gasteiger partial charge on any atom is -1.00 e. The molecule has 0 spiro atoms. The number of hydrogen-bond donors (Lipinski definition) is 0. The van der Waals surface area contributed by atoms with Gasteiger partial charge in [-0.15, -0.1) is 0 Å². The third kappa shape index (κ3) is 8.82. The number of aryl methyl sites for hydroxylation is 1. The van der Waals surface area contributed by atoms with Gasteiger partial charge in [-0.05, 0) is 0 Å². The molecule has 0 aromatic heterocycles. The van der Waals surface area contributed by atoms with Crippen LogP contribution in [-0.4, -0.2) is 3.21 Å². The molecular formula is C48H56Cl4Zr. The molecule has 6 rings (SSSR count). The molecule has 280 valence electrons. The molecule has 0 N–H and O–H groups in total. The van der Waals surface area contributed by atoms with Crippen molar-refractivity contribution in [3.05, 3.63) is 142 Å². The van der Waals surface area contributed by atoms with Crippen LogP contribution in [0.3, 0.4) is 0 Å². The van der Waals surface area contributed by atoms with Gasteiger partial charge in [0.15, 0.2) is 0 Å². The summed E-state index contributed by atoms with van der Waals surface area (Å²) in [7, 11) is 0. The maximum absolute atomic E-state index is 6.87. The predicted octanol–water partition coefficient (Wildman–Crippen LogP) is 7.58. The molecule has 0 bridgehead atoms. The largest absolute Gasteiger partial charge is 1.00 e. The molecule has 0 saturated heterocycles. The van der Waals surface area contributed by atoms with E-state index < -0.39 is 21.3 Å². The van der Waals surface area contributed by atoms with Crippen LogP contribution in [0.2, 0.25) is 10.0 Å². The van der Waals surface area contributed by atoms with Gasteiger partial charge in [-0.1, -0.05) is 0 Å². The van der Waals surface area contributed by atoms with Crippen molar-refractivity contribution in [3.8, 4) is 11.1 Å². The number of benzene rings is 4. The molecule has 4 aromatic rings. The van der Waals surface area contributed by atoms with E-state index in [1.807, 2.05) is 12.1 Å². The minimum atomic E-state index is -3.14. The van der Waals surface area contributed by atoms with Crippen molar-refractivity contribution in [2.24, 2.45) is 11.3 Å². The van der Waals surface area contributed by atoms with Crippen molar-refractivity contribution in [2.45, 2.75) is 113 Å². The van der Waals surface area contributed by atoms with Crippen molar-refractivity contribution in [2.75, 3.05) is 0 Å². The Morgan fingerprint density at radius 1 is 0.717 bits per heavy atom. The van der Waals surface area contributed by atoms with E-state index in [1.165, 1.54) is 58.9 Å². The SMILES string of the molecule is CCCC1C=C(C(C)(C)C)C=[C]1[Zr+2](=[C](c1cccc(Cl)c1)c1cccc(Cl)c1)[c]1c(C)c(C(C)(C)C)cc2c1Cc1cc(C)c(C(C)(C)C)cc1-2.[Cl-].[Cl-]. The maximum atomic E-state index is 6.87. The molecule has 5 heteroatoms. The molecule has 0 radical (unpaired) electrons. The standard InChI is InChI=1S/C23H29.C13H8Cl2.C12H19.2ClH.Zr/c1-14-9-16-11-17-10-15(2)21(23(6,7)8)13-19(17)18(16)12-20(14)22(3,4)5;14-12-5-1-3-10(8-12)7-11-4-2-6-13(15)9-11;1-5-6-10-7-8-11(9-10)12(2,3)4;;;/h9,12-13H,11H2,1-8H3;1-6,8-9H;8-10H,5-6H2,1-4H3;2*1H;/q;;;;;+2/p-2. The van der Waals surface area contributed by atoms with Crippen LogP contribution in [0, 0.1) is 25.2 Å². The summed E-state index contributed by atoms with van der Waals surface area (Å²) in [6.07, 6.45) is 8.57. The summed E-state index contributed by atoms with van der Waals surface area (Å²) in [5, 5.41) is 1.55. The van der Waals surface area contributed by atoms with Gasteiger partial charge in [0, 0.05) is 0 Å². The smallest absolute Gasteiger partial charge is 1.00 e. The first-order valence-corrected chi connectivity index (χ1v) is 23.3. The molecule has 1 atom stereocenters. The first-order valence-electron chi connectivity index (χ1n) is 18.8. The van der Waals surface area contributed by atoms with Gasteiger partial charge in [0.1, 0.15) is 0 Å². The fourth-order valence-electron chi connectivity index (χ4n) is 8.60. The Balaban J connectivity index is 0.00000314. The normalized spacial score (nSPS) is 15.0. The summed E-state index contributed by atoms with van der Waals surface area (Å²) in [4.78, 5) is 0. The first-order chi connectivity index (χ1) is 23.8. The minimum absolute atomic E-state index is 0. The molecule has 0 heterocycles. The third-order valence-electron chi connectivity index (χ3n) is 11.0. The second-order valence-corrected chi connectivity index (χ2v) is 24.7. The number of fused-ring (bicyclic) bond motifs is 3. The Morgan fingerprint density at radius 3 is 1.75 bits per heavy atom. The van der Waals surface area contributed by atoms with Crippen molar-refractivity contribution in [1.82, 2.24) is 0 Å². The van der Waals surface area contributed by atoms with E-state index in [0.29, 0.717) is 5.92 Å². The van der Waals surface area contributed by atoms with Gasteiger partial charge in [-0.2, -0.15) is 0 Å². The molecule has 4 aromatic carbocycles. The molecule has 0 nitrogen and oxygen atoms in total. The van der Waals surface area contributed by atoms with Crippen LogP contribution in [-0.2, 0) is 38.5 Å². The van der Waals surface area contributed by atoms with Crippen LogP contribution < -0.4 is 28.1 Å². The van der Waals surface area contributed by atoms with Gasteiger partial charge in [-0.25, -0.2) is 0 Å². The van der Waals surface area contributed by atoms with E-state index in [9.17, 15) is 0 Å². The molecule has 0 amide bonds. The van der Waals surface area contributed by atoms with E-state index in [-0.39, 0.29) is 41.1 Å². The van der Waals surface area contributed by atoms with Gasteiger partial charge in [0.25, 0.3) is 0 Å². The fourth-order valence-corrected chi connectivity index (χ4v) is 17.9. The summed E-state index contributed by atoms with van der Waals surface area (Å²) in [6.45, 7) is 28.4. The van der Waals surface area contributed by atoms with Crippen LogP contribution in [0.15, 0.2) is 87.7 Å². The van der Waals surface area contributed by atoms with Crippen LogP contribution in [0.1, 0.15) is 127 Å².